The first-order chi connectivity index (χ1) is 25.8. The summed E-state index contributed by atoms with van der Waals surface area (Å²) in [6, 6.07) is 46.0. The third-order valence-electron chi connectivity index (χ3n) is 10.9. The number of rotatable bonds is 3. The van der Waals surface area contributed by atoms with Gasteiger partial charge in [-0.2, -0.15) is 0 Å². The van der Waals surface area contributed by atoms with Crippen molar-refractivity contribution in [2.75, 3.05) is 0 Å². The van der Waals surface area contributed by atoms with Crippen molar-refractivity contribution in [3.63, 3.8) is 0 Å². The summed E-state index contributed by atoms with van der Waals surface area (Å²) in [5.74, 6) is 0. The van der Waals surface area contributed by atoms with E-state index in [0.717, 1.165) is 98.3 Å². The fourth-order valence-electron chi connectivity index (χ4n) is 8.43. The molecule has 9 aromatic carbocycles. The van der Waals surface area contributed by atoms with Gasteiger partial charge in [0.2, 0.25) is 0 Å². The first-order valence-corrected chi connectivity index (χ1v) is 17.4. The van der Waals surface area contributed by atoms with Gasteiger partial charge in [0.15, 0.2) is 0 Å². The Hall–Kier alpha value is -5.79. The molecule has 0 N–H and O–H groups in total. The Balaban J connectivity index is 1.26. The predicted octanol–water partition coefficient (Wildman–Crippen LogP) is 5.96. The van der Waals surface area contributed by atoms with Crippen LogP contribution in [0, 0.1) is 0 Å². The lowest BCUT2D eigenvalue weighted by Crippen LogP contribution is -2.55. The van der Waals surface area contributed by atoms with E-state index in [1.54, 1.807) is 0 Å². The van der Waals surface area contributed by atoms with Crippen molar-refractivity contribution < 1.29 is 4.42 Å². The van der Waals surface area contributed by atoms with Gasteiger partial charge in [-0.3, -0.25) is 0 Å². The minimum absolute atomic E-state index is 0.190. The summed E-state index contributed by atoms with van der Waals surface area (Å²) >= 11 is 0. The zero-order chi connectivity index (χ0) is 36.1. The minimum atomic E-state index is 0.190. The monoisotopic (exact) mass is 656 g/mol. The van der Waals surface area contributed by atoms with Gasteiger partial charge in [-0.1, -0.05) is 138 Å². The van der Waals surface area contributed by atoms with Crippen LogP contribution in [0.4, 0.5) is 0 Å². The van der Waals surface area contributed by atoms with Gasteiger partial charge in [-0.25, -0.2) is 0 Å². The van der Waals surface area contributed by atoms with Crippen LogP contribution in [0.3, 0.4) is 0 Å². The second kappa shape index (κ2) is 11.9. The van der Waals surface area contributed by atoms with E-state index in [1.807, 2.05) is 36.4 Å². The summed E-state index contributed by atoms with van der Waals surface area (Å²) in [5, 5.41) is 10.2. The molecule has 0 aliphatic heterocycles. The molecule has 0 bridgehead atoms. The largest absolute Gasteiger partial charge is 0.455 e. The van der Waals surface area contributed by atoms with Gasteiger partial charge < -0.3 is 4.42 Å². The highest BCUT2D eigenvalue weighted by Crippen LogP contribution is 2.46. The number of fused-ring (bicyclic) bond motifs is 7. The van der Waals surface area contributed by atoms with Gasteiger partial charge in [0.25, 0.3) is 0 Å². The topological polar surface area (TPSA) is 13.1 Å². The predicted molar refractivity (Wildman–Crippen MR) is 232 cm³/mol. The summed E-state index contributed by atoms with van der Waals surface area (Å²) < 4.78 is 6.77. The van der Waals surface area contributed by atoms with E-state index in [9.17, 15) is 0 Å². The molecule has 0 saturated carbocycles. The number of para-hydroxylation sites is 1. The molecule has 12 radical (unpaired) electrons. The zero-order valence-corrected chi connectivity index (χ0v) is 28.6. The molecule has 1 nitrogen and oxygen atoms in total. The van der Waals surface area contributed by atoms with E-state index in [-0.39, 0.29) is 16.4 Å². The standard InChI is InChI=1S/C46H22B6O/c47-40-30-16-7-5-14-28(30)37(29-15-6-8-17-31(29)40)33-19-9-18-32-34-22-23(20-21-35(34)53-46(32)33)36-24-10-1-3-12-26(24)38(27-13-4-2-11-25(27)36)39-41(48)43(50)45(52)44(51)42(39)49/h1-22H. The first kappa shape index (κ1) is 31.9. The van der Waals surface area contributed by atoms with E-state index < -0.39 is 0 Å². The maximum absolute atomic E-state index is 6.77. The molecule has 230 valence electrons. The Morgan fingerprint density at radius 1 is 0.302 bits per heavy atom. The molecule has 0 fully saturated rings. The summed E-state index contributed by atoms with van der Waals surface area (Å²) in [5.41, 5.74) is 9.35. The second-order valence-electron chi connectivity index (χ2n) is 13.7. The Labute approximate surface area is 314 Å². The molecule has 0 spiro atoms. The fourth-order valence-corrected chi connectivity index (χ4v) is 8.43. The van der Waals surface area contributed by atoms with Crippen LogP contribution in [-0.2, 0) is 0 Å². The summed E-state index contributed by atoms with van der Waals surface area (Å²) in [7, 11) is 39.1. The smallest absolute Gasteiger partial charge is 0.143 e. The lowest BCUT2D eigenvalue weighted by molar-refractivity contribution is 0.670. The molecule has 0 saturated heterocycles. The van der Waals surface area contributed by atoms with Crippen molar-refractivity contribution >= 4 is 145 Å². The summed E-state index contributed by atoms with van der Waals surface area (Å²) in [6.07, 6.45) is 0. The van der Waals surface area contributed by atoms with E-state index in [4.69, 9.17) is 51.5 Å². The SMILES string of the molecule is [B]c1c([B])c([B])c(-c2c3ccccc3c(-c3ccc4oc5c(-c6c7ccccc7c([B])c7ccccc67)cccc5c4c3)c3ccccc23)c([B])c1[B]. The maximum Gasteiger partial charge on any atom is 0.143 e. The highest BCUT2D eigenvalue weighted by Gasteiger charge is 2.22. The zero-order valence-electron chi connectivity index (χ0n) is 28.6. The van der Waals surface area contributed by atoms with Crippen LogP contribution >= 0.6 is 0 Å². The van der Waals surface area contributed by atoms with Gasteiger partial charge in [0, 0.05) is 21.9 Å². The van der Waals surface area contributed by atoms with Crippen molar-refractivity contribution in [3.05, 3.63) is 133 Å². The van der Waals surface area contributed by atoms with Crippen LogP contribution < -0.4 is 32.8 Å². The molecule has 0 atom stereocenters. The van der Waals surface area contributed by atoms with Crippen LogP contribution in [0.2, 0.25) is 0 Å². The lowest BCUT2D eigenvalue weighted by Gasteiger charge is -2.25. The number of furan rings is 1. The molecule has 10 rings (SSSR count). The molecule has 0 amide bonds. The van der Waals surface area contributed by atoms with Gasteiger partial charge in [0.1, 0.15) is 58.2 Å². The first-order valence-electron chi connectivity index (χ1n) is 17.4. The third-order valence-corrected chi connectivity index (χ3v) is 10.9. The quantitative estimate of drug-likeness (QED) is 0.169. The van der Waals surface area contributed by atoms with Gasteiger partial charge in [0.05, 0.1) is 0 Å². The third kappa shape index (κ3) is 4.53. The van der Waals surface area contributed by atoms with E-state index in [0.29, 0.717) is 16.5 Å². The number of hydrogen-bond donors (Lipinski definition) is 0. The van der Waals surface area contributed by atoms with Crippen LogP contribution in [0.25, 0.3) is 98.4 Å². The molecule has 0 unspecified atom stereocenters. The molecule has 0 aliphatic carbocycles. The highest BCUT2D eigenvalue weighted by atomic mass is 16.3. The molecule has 1 heterocycles. The normalized spacial score (nSPS) is 11.8. The molecule has 10 aromatic rings. The van der Waals surface area contributed by atoms with Crippen molar-refractivity contribution in [1.82, 2.24) is 0 Å². The maximum atomic E-state index is 6.77. The average Bonchev–Trinajstić information content (AvgIpc) is 3.58. The van der Waals surface area contributed by atoms with Crippen molar-refractivity contribution in [3.8, 4) is 33.4 Å². The van der Waals surface area contributed by atoms with Crippen LogP contribution in [0.15, 0.2) is 138 Å². The molecule has 0 aliphatic rings. The Morgan fingerprint density at radius 2 is 0.736 bits per heavy atom. The fraction of sp³-hybridized carbons (Fsp3) is 0. The summed E-state index contributed by atoms with van der Waals surface area (Å²) in [4.78, 5) is 0. The van der Waals surface area contributed by atoms with Crippen molar-refractivity contribution in [2.45, 2.75) is 0 Å². The van der Waals surface area contributed by atoms with Crippen LogP contribution in [0.5, 0.6) is 0 Å². The molecule has 7 heteroatoms. The van der Waals surface area contributed by atoms with E-state index >= 15 is 0 Å². The van der Waals surface area contributed by atoms with E-state index in [1.165, 1.54) is 0 Å². The molecule has 53 heavy (non-hydrogen) atoms. The Morgan fingerprint density at radius 3 is 1.26 bits per heavy atom. The van der Waals surface area contributed by atoms with Crippen LogP contribution in [0.1, 0.15) is 0 Å². The highest BCUT2D eigenvalue weighted by molar-refractivity contribution is 6.69. The Bertz CT molecular complexity index is 3050. The molecular weight excluding hydrogens is 633 g/mol. The van der Waals surface area contributed by atoms with Gasteiger partial charge in [-0.05, 0) is 77.5 Å². The summed E-state index contributed by atoms with van der Waals surface area (Å²) in [6.45, 7) is 0. The number of hydrogen-bond acceptors (Lipinski definition) is 1. The molecule has 1 aromatic heterocycles. The second-order valence-corrected chi connectivity index (χ2v) is 13.7. The lowest BCUT2D eigenvalue weighted by atomic mass is 9.59. The van der Waals surface area contributed by atoms with Crippen molar-refractivity contribution in [2.24, 2.45) is 0 Å². The van der Waals surface area contributed by atoms with Crippen LogP contribution in [-0.4, -0.2) is 47.1 Å². The van der Waals surface area contributed by atoms with Crippen molar-refractivity contribution in [1.29, 1.82) is 0 Å². The minimum Gasteiger partial charge on any atom is -0.455 e. The average molecular weight is 656 g/mol. The van der Waals surface area contributed by atoms with Gasteiger partial charge >= 0.3 is 0 Å². The van der Waals surface area contributed by atoms with Gasteiger partial charge in [-0.15, -0.1) is 16.4 Å². The number of benzene rings is 9. The van der Waals surface area contributed by atoms with E-state index in [2.05, 4.69) is 97.1 Å². The molecular formula is C46H22B6O. The Kier molecular flexibility index (Phi) is 7.14.